The van der Waals surface area contributed by atoms with Crippen molar-refractivity contribution in [2.45, 2.75) is 64.7 Å². The zero-order chi connectivity index (χ0) is 18.5. The van der Waals surface area contributed by atoms with Gasteiger partial charge in [-0.2, -0.15) is 0 Å². The summed E-state index contributed by atoms with van der Waals surface area (Å²) in [6, 6.07) is 8.00. The van der Waals surface area contributed by atoms with Gasteiger partial charge >= 0.3 is 0 Å². The molecule has 0 spiro atoms. The van der Waals surface area contributed by atoms with E-state index in [1.54, 1.807) is 7.11 Å². The lowest BCUT2D eigenvalue weighted by molar-refractivity contribution is 0.289. The Morgan fingerprint density at radius 2 is 1.69 bits per heavy atom. The molecular weight excluding hydrogens is 316 g/mol. The maximum atomic E-state index is 5.16. The zero-order valence-electron chi connectivity index (χ0n) is 16.5. The Bertz CT molecular complexity index is 604. The Balaban J connectivity index is 1.65. The fourth-order valence-electron chi connectivity index (χ4n) is 3.66. The highest BCUT2D eigenvalue weighted by atomic mass is 16.5. The second-order valence-electron chi connectivity index (χ2n) is 7.38. The zero-order valence-corrected chi connectivity index (χ0v) is 16.5. The minimum absolute atomic E-state index is 0.738. The molecule has 1 nitrogen and oxygen atoms in total. The van der Waals surface area contributed by atoms with Gasteiger partial charge in [0.1, 0.15) is 5.75 Å². The van der Waals surface area contributed by atoms with Crippen molar-refractivity contribution in [2.24, 2.45) is 11.8 Å². The monoisotopic (exact) mass is 350 g/mol. The molecule has 140 valence electrons. The summed E-state index contributed by atoms with van der Waals surface area (Å²) in [6.07, 6.45) is 20.9. The molecule has 2 rings (SSSR count). The second-order valence-corrected chi connectivity index (χ2v) is 7.38. The van der Waals surface area contributed by atoms with Crippen molar-refractivity contribution in [2.75, 3.05) is 7.11 Å². The normalized spacial score (nSPS) is 20.2. The lowest BCUT2D eigenvalue weighted by Crippen LogP contribution is -2.12. The van der Waals surface area contributed by atoms with E-state index in [1.165, 1.54) is 57.8 Å². The van der Waals surface area contributed by atoms with Crippen molar-refractivity contribution in [3.8, 4) is 17.6 Å². The molecular formula is C25H34O. The van der Waals surface area contributed by atoms with Crippen molar-refractivity contribution in [3.63, 3.8) is 0 Å². The largest absolute Gasteiger partial charge is 0.497 e. The fraction of sp³-hybridized carbons (Fsp3) is 0.520. The quantitative estimate of drug-likeness (QED) is 0.361. The van der Waals surface area contributed by atoms with E-state index in [4.69, 9.17) is 4.74 Å². The highest BCUT2D eigenvalue weighted by Gasteiger charge is 2.18. The number of hydrogen-bond acceptors (Lipinski definition) is 1. The number of hydrogen-bond donors (Lipinski definition) is 0. The van der Waals surface area contributed by atoms with Gasteiger partial charge in [0.2, 0.25) is 0 Å². The molecule has 0 heterocycles. The summed E-state index contributed by atoms with van der Waals surface area (Å²) in [5.41, 5.74) is 1.14. The van der Waals surface area contributed by atoms with Crippen LogP contribution >= 0.6 is 0 Å². The molecule has 1 aromatic carbocycles. The highest BCUT2D eigenvalue weighted by Crippen LogP contribution is 2.32. The third-order valence-electron chi connectivity index (χ3n) is 5.37. The number of ether oxygens (including phenoxy) is 1. The van der Waals surface area contributed by atoms with Gasteiger partial charge in [-0.15, -0.1) is 0 Å². The van der Waals surface area contributed by atoms with Crippen LogP contribution in [-0.2, 0) is 0 Å². The molecule has 0 amide bonds. The van der Waals surface area contributed by atoms with Crippen LogP contribution in [0, 0.1) is 23.7 Å². The number of allylic oxidation sites excluding steroid dienone is 3. The van der Waals surface area contributed by atoms with E-state index in [1.807, 2.05) is 42.5 Å². The summed E-state index contributed by atoms with van der Waals surface area (Å²) in [6.45, 7) is 2.29. The van der Waals surface area contributed by atoms with E-state index >= 15 is 0 Å². The molecule has 1 aliphatic carbocycles. The van der Waals surface area contributed by atoms with Crippen LogP contribution in [0.4, 0.5) is 0 Å². The fourth-order valence-corrected chi connectivity index (χ4v) is 3.66. The van der Waals surface area contributed by atoms with Crippen LogP contribution in [0.1, 0.15) is 70.3 Å². The molecule has 0 bridgehead atoms. The topological polar surface area (TPSA) is 9.23 Å². The van der Waals surface area contributed by atoms with Crippen molar-refractivity contribution in [1.29, 1.82) is 0 Å². The van der Waals surface area contributed by atoms with Gasteiger partial charge in [-0.3, -0.25) is 0 Å². The van der Waals surface area contributed by atoms with Gasteiger partial charge in [-0.25, -0.2) is 0 Å². The minimum Gasteiger partial charge on any atom is -0.497 e. The molecule has 0 atom stereocenters. The Kier molecular flexibility index (Phi) is 9.73. The Morgan fingerprint density at radius 3 is 2.38 bits per heavy atom. The first-order valence-electron chi connectivity index (χ1n) is 10.3. The Labute approximate surface area is 160 Å². The first-order chi connectivity index (χ1) is 12.8. The third-order valence-corrected chi connectivity index (χ3v) is 5.37. The van der Waals surface area contributed by atoms with Gasteiger partial charge in [0, 0.05) is 0 Å². The molecule has 0 aromatic heterocycles. The van der Waals surface area contributed by atoms with E-state index in [0.717, 1.165) is 23.1 Å². The first-order valence-corrected chi connectivity index (χ1v) is 10.3. The predicted molar refractivity (Wildman–Crippen MR) is 113 cm³/mol. The van der Waals surface area contributed by atoms with Gasteiger partial charge in [0.05, 0.1) is 7.11 Å². The van der Waals surface area contributed by atoms with Crippen LogP contribution < -0.4 is 4.74 Å². The van der Waals surface area contributed by atoms with Gasteiger partial charge in [0.15, 0.2) is 0 Å². The number of unbranched alkanes of at least 4 members (excludes halogenated alkanes) is 3. The minimum atomic E-state index is 0.738. The van der Waals surface area contributed by atoms with Gasteiger partial charge in [-0.05, 0) is 73.4 Å². The molecule has 0 radical (unpaired) electrons. The van der Waals surface area contributed by atoms with E-state index in [2.05, 4.69) is 24.8 Å². The number of methoxy groups -OCH3 is 1. The van der Waals surface area contributed by atoms with Crippen LogP contribution in [0.25, 0.3) is 6.08 Å². The van der Waals surface area contributed by atoms with E-state index in [-0.39, 0.29) is 0 Å². The smallest absolute Gasteiger partial charge is 0.118 e. The highest BCUT2D eigenvalue weighted by molar-refractivity contribution is 5.54. The van der Waals surface area contributed by atoms with Crippen LogP contribution in [0.5, 0.6) is 5.75 Å². The summed E-state index contributed by atoms with van der Waals surface area (Å²) >= 11 is 0. The number of benzene rings is 1. The molecule has 1 aromatic rings. The number of rotatable bonds is 8. The van der Waals surface area contributed by atoms with E-state index in [9.17, 15) is 0 Å². The molecule has 0 unspecified atom stereocenters. The lowest BCUT2D eigenvalue weighted by atomic mass is 9.79. The van der Waals surface area contributed by atoms with E-state index < -0.39 is 0 Å². The molecule has 0 aliphatic heterocycles. The van der Waals surface area contributed by atoms with Crippen LogP contribution in [0.2, 0.25) is 0 Å². The van der Waals surface area contributed by atoms with Gasteiger partial charge in [0.25, 0.3) is 0 Å². The SMILES string of the molecule is CCCCCCC1CCC(C=CC#CC=Cc2ccc(OC)cc2)CC1. The summed E-state index contributed by atoms with van der Waals surface area (Å²) in [7, 11) is 1.68. The maximum absolute atomic E-state index is 5.16. The molecule has 0 saturated heterocycles. The molecule has 1 fully saturated rings. The van der Waals surface area contributed by atoms with Crippen LogP contribution in [-0.4, -0.2) is 7.11 Å². The van der Waals surface area contributed by atoms with Gasteiger partial charge < -0.3 is 4.74 Å². The van der Waals surface area contributed by atoms with Crippen molar-refractivity contribution in [1.82, 2.24) is 0 Å². The maximum Gasteiger partial charge on any atom is 0.118 e. The average Bonchev–Trinajstić information content (AvgIpc) is 2.69. The van der Waals surface area contributed by atoms with Crippen molar-refractivity contribution in [3.05, 3.63) is 48.1 Å². The van der Waals surface area contributed by atoms with Crippen molar-refractivity contribution >= 4 is 6.08 Å². The predicted octanol–water partition coefficient (Wildman–Crippen LogP) is 7.04. The summed E-state index contributed by atoms with van der Waals surface area (Å²) in [4.78, 5) is 0. The molecule has 1 saturated carbocycles. The summed E-state index contributed by atoms with van der Waals surface area (Å²) in [5.74, 6) is 8.85. The lowest BCUT2D eigenvalue weighted by Gasteiger charge is -2.26. The molecule has 0 N–H and O–H groups in total. The molecule has 26 heavy (non-hydrogen) atoms. The first kappa shape index (κ1) is 20.4. The van der Waals surface area contributed by atoms with E-state index in [0.29, 0.717) is 0 Å². The van der Waals surface area contributed by atoms with Gasteiger partial charge in [-0.1, -0.05) is 69.1 Å². The summed E-state index contributed by atoms with van der Waals surface area (Å²) in [5, 5.41) is 0. The second kappa shape index (κ2) is 12.4. The standard InChI is InChI=1S/C25H34O/c1-3-4-5-8-11-22-14-16-23(17-15-22)12-9-6-7-10-13-24-18-20-25(26-2)21-19-24/h9-10,12-13,18-23H,3-5,8,11,14-17H2,1-2H3. The Hall–Kier alpha value is -1.94. The molecule has 1 aliphatic rings. The van der Waals surface area contributed by atoms with Crippen LogP contribution in [0.15, 0.2) is 42.5 Å². The molecule has 1 heteroatoms. The Morgan fingerprint density at radius 1 is 0.962 bits per heavy atom. The summed E-state index contributed by atoms with van der Waals surface area (Å²) < 4.78 is 5.16. The third kappa shape index (κ3) is 7.96. The van der Waals surface area contributed by atoms with Crippen LogP contribution in [0.3, 0.4) is 0 Å². The average molecular weight is 351 g/mol. The van der Waals surface area contributed by atoms with Crippen molar-refractivity contribution < 1.29 is 4.74 Å².